The van der Waals surface area contributed by atoms with Crippen LogP contribution in [-0.4, -0.2) is 122 Å². The third-order valence-electron chi connectivity index (χ3n) is 3.79. The predicted molar refractivity (Wildman–Crippen MR) is 94.3 cm³/mol. The summed E-state index contributed by atoms with van der Waals surface area (Å²) in [6.07, 6.45) is 0. The van der Waals surface area contributed by atoms with Crippen molar-refractivity contribution in [1.82, 2.24) is 14.7 Å². The standard InChI is InChI=1S/C16H29N3O8/c1-4-17(11-15(24)26-2)5-6-18(9-13(20)21)7-8-19(10-14(22)23)12-16(25)27-3/h4-12H2,1-3H3,(H,20,21)(H,22,23). The Labute approximate surface area is 158 Å². The highest BCUT2D eigenvalue weighted by atomic mass is 16.5. The van der Waals surface area contributed by atoms with Crippen LogP contribution in [0.25, 0.3) is 0 Å². The topological polar surface area (TPSA) is 137 Å². The Kier molecular flexibility index (Phi) is 12.7. The van der Waals surface area contributed by atoms with Crippen LogP contribution in [0.1, 0.15) is 6.92 Å². The molecular formula is C16H29N3O8. The van der Waals surface area contributed by atoms with Crippen LogP contribution in [0.2, 0.25) is 0 Å². The minimum absolute atomic E-state index is 0.0986. The van der Waals surface area contributed by atoms with E-state index in [0.717, 1.165) is 0 Å². The zero-order valence-corrected chi connectivity index (χ0v) is 16.0. The average molecular weight is 391 g/mol. The number of carbonyl (C=O) groups is 4. The molecular weight excluding hydrogens is 362 g/mol. The first-order chi connectivity index (χ1) is 12.7. The zero-order chi connectivity index (χ0) is 20.8. The Balaban J connectivity index is 4.76. The quantitative estimate of drug-likeness (QED) is 0.313. The number of methoxy groups -OCH3 is 2. The Morgan fingerprint density at radius 3 is 1.44 bits per heavy atom. The smallest absolute Gasteiger partial charge is 0.319 e. The van der Waals surface area contributed by atoms with E-state index in [1.54, 1.807) is 4.90 Å². The Morgan fingerprint density at radius 2 is 1.04 bits per heavy atom. The largest absolute Gasteiger partial charge is 0.480 e. The first-order valence-electron chi connectivity index (χ1n) is 8.46. The molecule has 0 bridgehead atoms. The number of esters is 2. The maximum absolute atomic E-state index is 11.4. The summed E-state index contributed by atoms with van der Waals surface area (Å²) in [6.45, 7) is 2.97. The highest BCUT2D eigenvalue weighted by molar-refractivity contribution is 5.74. The van der Waals surface area contributed by atoms with E-state index in [-0.39, 0.29) is 45.2 Å². The summed E-state index contributed by atoms with van der Waals surface area (Å²) in [5, 5.41) is 18.0. The molecule has 0 aliphatic rings. The maximum Gasteiger partial charge on any atom is 0.319 e. The van der Waals surface area contributed by atoms with E-state index < -0.39 is 17.9 Å². The summed E-state index contributed by atoms with van der Waals surface area (Å²) < 4.78 is 9.17. The summed E-state index contributed by atoms with van der Waals surface area (Å²) in [6, 6.07) is 0. The van der Waals surface area contributed by atoms with Crippen LogP contribution in [0.15, 0.2) is 0 Å². The molecule has 0 aromatic rings. The van der Waals surface area contributed by atoms with Crippen LogP contribution in [-0.2, 0) is 28.7 Å². The van der Waals surface area contributed by atoms with E-state index in [1.807, 2.05) is 11.8 Å². The highest BCUT2D eigenvalue weighted by Gasteiger charge is 2.18. The molecule has 0 heterocycles. The van der Waals surface area contributed by atoms with Gasteiger partial charge in [-0.1, -0.05) is 6.92 Å². The fraction of sp³-hybridized carbons (Fsp3) is 0.750. The molecule has 0 spiro atoms. The second-order valence-corrected chi connectivity index (χ2v) is 5.80. The van der Waals surface area contributed by atoms with Gasteiger partial charge in [0.15, 0.2) is 0 Å². The lowest BCUT2D eigenvalue weighted by molar-refractivity contribution is -0.145. The maximum atomic E-state index is 11.4. The van der Waals surface area contributed by atoms with Crippen molar-refractivity contribution in [2.24, 2.45) is 0 Å². The van der Waals surface area contributed by atoms with Gasteiger partial charge in [0.1, 0.15) is 0 Å². The van der Waals surface area contributed by atoms with E-state index >= 15 is 0 Å². The van der Waals surface area contributed by atoms with Crippen molar-refractivity contribution in [1.29, 1.82) is 0 Å². The second-order valence-electron chi connectivity index (χ2n) is 5.80. The summed E-state index contributed by atoms with van der Waals surface area (Å²) in [5.74, 6) is -3.08. The van der Waals surface area contributed by atoms with Crippen molar-refractivity contribution in [3.63, 3.8) is 0 Å². The summed E-state index contributed by atoms with van der Waals surface area (Å²) >= 11 is 0. The molecule has 0 aromatic carbocycles. The van der Waals surface area contributed by atoms with E-state index in [2.05, 4.69) is 9.47 Å². The third-order valence-corrected chi connectivity index (χ3v) is 3.79. The molecule has 0 aliphatic carbocycles. The van der Waals surface area contributed by atoms with Gasteiger partial charge in [-0.3, -0.25) is 33.9 Å². The summed E-state index contributed by atoms with van der Waals surface area (Å²) in [4.78, 5) is 49.6. The van der Waals surface area contributed by atoms with Gasteiger partial charge in [-0.25, -0.2) is 0 Å². The van der Waals surface area contributed by atoms with Gasteiger partial charge >= 0.3 is 23.9 Å². The molecule has 27 heavy (non-hydrogen) atoms. The monoisotopic (exact) mass is 391 g/mol. The number of hydrogen-bond acceptors (Lipinski definition) is 9. The number of hydrogen-bond donors (Lipinski definition) is 2. The number of likely N-dealkylation sites (N-methyl/N-ethyl adjacent to an activating group) is 1. The number of rotatable bonds is 15. The van der Waals surface area contributed by atoms with Crippen molar-refractivity contribution in [2.75, 3.05) is 73.1 Å². The Bertz CT molecular complexity index is 500. The van der Waals surface area contributed by atoms with Gasteiger partial charge < -0.3 is 19.7 Å². The van der Waals surface area contributed by atoms with Gasteiger partial charge in [-0.2, -0.15) is 0 Å². The molecule has 2 N–H and O–H groups in total. The molecule has 0 rings (SSSR count). The summed E-state index contributed by atoms with van der Waals surface area (Å²) in [5.41, 5.74) is 0. The minimum Gasteiger partial charge on any atom is -0.480 e. The minimum atomic E-state index is -1.10. The number of aliphatic carboxylic acids is 2. The molecule has 0 saturated carbocycles. The Morgan fingerprint density at radius 1 is 0.667 bits per heavy atom. The average Bonchev–Trinajstić information content (AvgIpc) is 2.60. The van der Waals surface area contributed by atoms with Crippen molar-refractivity contribution >= 4 is 23.9 Å². The molecule has 0 radical (unpaired) electrons. The lowest BCUT2D eigenvalue weighted by Gasteiger charge is -2.27. The van der Waals surface area contributed by atoms with Gasteiger partial charge in [0, 0.05) is 26.2 Å². The Hall–Kier alpha value is -2.24. The van der Waals surface area contributed by atoms with Crippen LogP contribution < -0.4 is 0 Å². The van der Waals surface area contributed by atoms with Crippen LogP contribution in [0, 0.1) is 0 Å². The second kappa shape index (κ2) is 13.9. The molecule has 0 unspecified atom stereocenters. The van der Waals surface area contributed by atoms with Crippen molar-refractivity contribution in [2.45, 2.75) is 6.92 Å². The van der Waals surface area contributed by atoms with Crippen LogP contribution in [0.5, 0.6) is 0 Å². The highest BCUT2D eigenvalue weighted by Crippen LogP contribution is 1.97. The normalized spacial score (nSPS) is 11.0. The molecule has 0 fully saturated rings. The van der Waals surface area contributed by atoms with Gasteiger partial charge in [0.25, 0.3) is 0 Å². The number of nitrogens with zero attached hydrogens (tertiary/aromatic N) is 3. The van der Waals surface area contributed by atoms with E-state index in [1.165, 1.54) is 19.1 Å². The predicted octanol–water partition coefficient (Wildman–Crippen LogP) is -1.57. The van der Waals surface area contributed by atoms with Gasteiger partial charge in [-0.15, -0.1) is 0 Å². The summed E-state index contributed by atoms with van der Waals surface area (Å²) in [7, 11) is 2.50. The third kappa shape index (κ3) is 12.7. The SMILES string of the molecule is CCN(CCN(CCN(CC(=O)O)CC(=O)OC)CC(=O)O)CC(=O)OC. The first-order valence-corrected chi connectivity index (χ1v) is 8.46. The van der Waals surface area contributed by atoms with Gasteiger partial charge in [0.2, 0.25) is 0 Å². The van der Waals surface area contributed by atoms with Crippen LogP contribution in [0.3, 0.4) is 0 Å². The molecule has 11 nitrogen and oxygen atoms in total. The van der Waals surface area contributed by atoms with Crippen molar-refractivity contribution in [3.05, 3.63) is 0 Å². The number of carboxylic acids is 2. The fourth-order valence-electron chi connectivity index (χ4n) is 2.28. The number of carboxylic acid groups (broad SMARTS) is 2. The molecule has 11 heteroatoms. The molecule has 0 aliphatic heterocycles. The molecule has 0 atom stereocenters. The van der Waals surface area contributed by atoms with Gasteiger partial charge in [0.05, 0.1) is 40.4 Å². The van der Waals surface area contributed by atoms with E-state index in [0.29, 0.717) is 19.6 Å². The fourth-order valence-corrected chi connectivity index (χ4v) is 2.28. The van der Waals surface area contributed by atoms with Gasteiger partial charge in [-0.05, 0) is 6.54 Å². The van der Waals surface area contributed by atoms with E-state index in [9.17, 15) is 19.2 Å². The van der Waals surface area contributed by atoms with Crippen LogP contribution in [0.4, 0.5) is 0 Å². The van der Waals surface area contributed by atoms with Crippen molar-refractivity contribution < 1.29 is 38.9 Å². The molecule has 0 saturated heterocycles. The van der Waals surface area contributed by atoms with Crippen LogP contribution >= 0.6 is 0 Å². The van der Waals surface area contributed by atoms with E-state index in [4.69, 9.17) is 10.2 Å². The molecule has 156 valence electrons. The number of ether oxygens (including phenoxy) is 2. The zero-order valence-electron chi connectivity index (χ0n) is 16.0. The lowest BCUT2D eigenvalue weighted by atomic mass is 10.3. The first kappa shape index (κ1) is 24.8. The molecule has 0 amide bonds. The lowest BCUT2D eigenvalue weighted by Crippen LogP contribution is -2.44. The van der Waals surface area contributed by atoms with Crippen molar-refractivity contribution in [3.8, 4) is 0 Å². The molecule has 0 aromatic heterocycles. The number of carbonyl (C=O) groups excluding carboxylic acids is 2.